The fourth-order valence-corrected chi connectivity index (χ4v) is 3.02. The smallest absolute Gasteiger partial charge is 0.119 e. The number of ether oxygens (including phenoxy) is 2. The number of benzene rings is 2. The van der Waals surface area contributed by atoms with E-state index in [-0.39, 0.29) is 5.41 Å². The molecule has 0 saturated heterocycles. The zero-order valence-electron chi connectivity index (χ0n) is 17.5. The molecule has 0 aromatic heterocycles. The normalized spacial score (nSPS) is 12.8. The van der Waals surface area contributed by atoms with Gasteiger partial charge in [-0.1, -0.05) is 64.1 Å². The number of hydrogen-bond donors (Lipinski definition) is 1. The molecule has 0 aliphatic rings. The summed E-state index contributed by atoms with van der Waals surface area (Å²) in [6.45, 7) is 13.8. The molecule has 1 unspecified atom stereocenters. The van der Waals surface area contributed by atoms with Gasteiger partial charge in [-0.25, -0.2) is 0 Å². The Hall–Kier alpha value is -1.84. The predicted octanol–water partition coefficient (Wildman–Crippen LogP) is 5.64. The average Bonchev–Trinajstić information content (AvgIpc) is 2.66. The van der Waals surface area contributed by atoms with E-state index in [1.54, 1.807) is 0 Å². The maximum atomic E-state index is 5.70. The van der Waals surface area contributed by atoms with Crippen molar-refractivity contribution in [3.63, 3.8) is 0 Å². The lowest BCUT2D eigenvalue weighted by Gasteiger charge is -2.20. The maximum absolute atomic E-state index is 5.70. The van der Waals surface area contributed by atoms with E-state index in [0.29, 0.717) is 19.3 Å². The average molecular weight is 370 g/mol. The molecule has 3 nitrogen and oxygen atoms in total. The maximum Gasteiger partial charge on any atom is 0.119 e. The standard InChI is InChI=1S/C24H35NO2/c1-6-23(20-10-14-22(15-11-20)27-17-16-26-7-2)25-18-19-8-12-21(13-9-19)24(3,4)5/h8-15,23,25H,6-7,16-18H2,1-5H3. The van der Waals surface area contributed by atoms with Crippen molar-refractivity contribution in [1.82, 2.24) is 5.32 Å². The minimum atomic E-state index is 0.199. The van der Waals surface area contributed by atoms with Crippen LogP contribution in [0.4, 0.5) is 0 Å². The zero-order valence-corrected chi connectivity index (χ0v) is 17.5. The molecule has 0 fully saturated rings. The summed E-state index contributed by atoms with van der Waals surface area (Å²) in [5.74, 6) is 0.895. The third-order valence-corrected chi connectivity index (χ3v) is 4.76. The van der Waals surface area contributed by atoms with Crippen molar-refractivity contribution in [2.45, 2.75) is 59.0 Å². The molecule has 2 rings (SSSR count). The van der Waals surface area contributed by atoms with Crippen LogP contribution < -0.4 is 10.1 Å². The highest BCUT2D eigenvalue weighted by molar-refractivity contribution is 5.30. The van der Waals surface area contributed by atoms with Crippen LogP contribution in [0, 0.1) is 0 Å². The molecule has 0 bridgehead atoms. The summed E-state index contributed by atoms with van der Waals surface area (Å²) in [5, 5.41) is 3.68. The van der Waals surface area contributed by atoms with Gasteiger partial charge in [-0.2, -0.15) is 0 Å². The molecule has 0 heterocycles. The van der Waals surface area contributed by atoms with Gasteiger partial charge in [-0.15, -0.1) is 0 Å². The van der Waals surface area contributed by atoms with Crippen LogP contribution >= 0.6 is 0 Å². The van der Waals surface area contributed by atoms with E-state index < -0.39 is 0 Å². The topological polar surface area (TPSA) is 30.5 Å². The molecule has 27 heavy (non-hydrogen) atoms. The molecule has 1 atom stereocenters. The molecular formula is C24H35NO2. The van der Waals surface area contributed by atoms with Gasteiger partial charge in [0.2, 0.25) is 0 Å². The molecule has 0 saturated carbocycles. The van der Waals surface area contributed by atoms with E-state index in [1.807, 2.05) is 19.1 Å². The quantitative estimate of drug-likeness (QED) is 0.550. The van der Waals surface area contributed by atoms with Crippen LogP contribution in [0.3, 0.4) is 0 Å². The van der Waals surface area contributed by atoms with Crippen molar-refractivity contribution < 1.29 is 9.47 Å². The van der Waals surface area contributed by atoms with Crippen LogP contribution in [0.2, 0.25) is 0 Å². The summed E-state index contributed by atoms with van der Waals surface area (Å²) < 4.78 is 11.0. The lowest BCUT2D eigenvalue weighted by Crippen LogP contribution is -2.20. The van der Waals surface area contributed by atoms with Crippen molar-refractivity contribution in [3.8, 4) is 5.75 Å². The highest BCUT2D eigenvalue weighted by atomic mass is 16.5. The van der Waals surface area contributed by atoms with E-state index in [2.05, 4.69) is 69.4 Å². The lowest BCUT2D eigenvalue weighted by molar-refractivity contribution is 0.110. The Labute approximate surface area is 165 Å². The van der Waals surface area contributed by atoms with Crippen LogP contribution in [0.1, 0.15) is 63.8 Å². The van der Waals surface area contributed by atoms with Crippen LogP contribution in [0.15, 0.2) is 48.5 Å². The van der Waals surface area contributed by atoms with Crippen molar-refractivity contribution in [3.05, 3.63) is 65.2 Å². The second-order valence-corrected chi connectivity index (χ2v) is 7.90. The van der Waals surface area contributed by atoms with Crippen molar-refractivity contribution in [2.75, 3.05) is 19.8 Å². The van der Waals surface area contributed by atoms with Crippen LogP contribution in [0.25, 0.3) is 0 Å². The van der Waals surface area contributed by atoms with Crippen molar-refractivity contribution >= 4 is 0 Å². The third-order valence-electron chi connectivity index (χ3n) is 4.76. The molecule has 3 heteroatoms. The monoisotopic (exact) mass is 369 g/mol. The first-order valence-electron chi connectivity index (χ1n) is 10.1. The summed E-state index contributed by atoms with van der Waals surface area (Å²) in [7, 11) is 0. The molecular weight excluding hydrogens is 334 g/mol. The molecule has 148 valence electrons. The molecule has 0 amide bonds. The molecule has 2 aromatic carbocycles. The Morgan fingerprint density at radius 1 is 0.889 bits per heavy atom. The van der Waals surface area contributed by atoms with Gasteiger partial charge in [0.05, 0.1) is 6.61 Å². The summed E-state index contributed by atoms with van der Waals surface area (Å²) in [6.07, 6.45) is 1.05. The van der Waals surface area contributed by atoms with Gasteiger partial charge < -0.3 is 14.8 Å². The number of rotatable bonds is 10. The van der Waals surface area contributed by atoms with E-state index in [9.17, 15) is 0 Å². The zero-order chi connectivity index (χ0) is 19.7. The van der Waals surface area contributed by atoms with E-state index in [4.69, 9.17) is 9.47 Å². The Morgan fingerprint density at radius 2 is 1.56 bits per heavy atom. The lowest BCUT2D eigenvalue weighted by atomic mass is 9.87. The second-order valence-electron chi connectivity index (χ2n) is 7.90. The van der Waals surface area contributed by atoms with Crippen LogP contribution in [-0.4, -0.2) is 19.8 Å². The fraction of sp³-hybridized carbons (Fsp3) is 0.500. The van der Waals surface area contributed by atoms with Gasteiger partial charge in [0.1, 0.15) is 12.4 Å². The highest BCUT2D eigenvalue weighted by Crippen LogP contribution is 2.23. The van der Waals surface area contributed by atoms with E-state index in [1.165, 1.54) is 16.7 Å². The Bertz CT molecular complexity index is 656. The molecule has 1 N–H and O–H groups in total. The predicted molar refractivity (Wildman–Crippen MR) is 113 cm³/mol. The Morgan fingerprint density at radius 3 is 2.11 bits per heavy atom. The van der Waals surface area contributed by atoms with Gasteiger partial charge >= 0.3 is 0 Å². The summed E-state index contributed by atoms with van der Waals surface area (Å²) >= 11 is 0. The summed E-state index contributed by atoms with van der Waals surface area (Å²) in [6, 6.07) is 17.7. The molecule has 0 aliphatic carbocycles. The van der Waals surface area contributed by atoms with Gasteiger partial charge in [0.25, 0.3) is 0 Å². The minimum Gasteiger partial charge on any atom is -0.491 e. The Balaban J connectivity index is 1.89. The van der Waals surface area contributed by atoms with Crippen LogP contribution in [-0.2, 0) is 16.7 Å². The van der Waals surface area contributed by atoms with Gasteiger partial charge in [0, 0.05) is 19.2 Å². The number of nitrogens with one attached hydrogen (secondary N) is 1. The first kappa shape index (κ1) is 21.5. The summed E-state index contributed by atoms with van der Waals surface area (Å²) in [5.41, 5.74) is 4.18. The van der Waals surface area contributed by atoms with E-state index in [0.717, 1.165) is 25.3 Å². The highest BCUT2D eigenvalue weighted by Gasteiger charge is 2.13. The third kappa shape index (κ3) is 7.00. The molecule has 0 aliphatic heterocycles. The van der Waals surface area contributed by atoms with Gasteiger partial charge in [-0.05, 0) is 47.6 Å². The van der Waals surface area contributed by atoms with Gasteiger partial charge in [0.15, 0.2) is 0 Å². The number of hydrogen-bond acceptors (Lipinski definition) is 3. The molecule has 0 radical (unpaired) electrons. The first-order chi connectivity index (χ1) is 12.9. The molecule has 0 spiro atoms. The largest absolute Gasteiger partial charge is 0.491 e. The van der Waals surface area contributed by atoms with Crippen LogP contribution in [0.5, 0.6) is 5.75 Å². The summed E-state index contributed by atoms with van der Waals surface area (Å²) in [4.78, 5) is 0. The first-order valence-corrected chi connectivity index (χ1v) is 10.1. The minimum absolute atomic E-state index is 0.199. The van der Waals surface area contributed by atoms with Crippen molar-refractivity contribution in [2.24, 2.45) is 0 Å². The van der Waals surface area contributed by atoms with Gasteiger partial charge in [-0.3, -0.25) is 0 Å². The fourth-order valence-electron chi connectivity index (χ4n) is 3.02. The second kappa shape index (κ2) is 10.5. The van der Waals surface area contributed by atoms with E-state index >= 15 is 0 Å². The van der Waals surface area contributed by atoms with Crippen molar-refractivity contribution in [1.29, 1.82) is 0 Å². The molecule has 2 aromatic rings. The SMILES string of the molecule is CCOCCOc1ccc(C(CC)NCc2ccc(C(C)(C)C)cc2)cc1. The Kier molecular flexibility index (Phi) is 8.33.